The Balaban J connectivity index is 1.74. The normalized spacial score (nSPS) is 25.1. The first-order chi connectivity index (χ1) is 9.62. The maximum absolute atomic E-state index is 11.7. The molecule has 3 N–H and O–H groups in total. The highest BCUT2D eigenvalue weighted by Gasteiger charge is 2.40. The number of urea groups is 1. The number of amides is 2. The fraction of sp³-hybridized carbons (Fsp3) is 0.846. The highest BCUT2D eigenvalue weighted by atomic mass is 16.5. The summed E-state index contributed by atoms with van der Waals surface area (Å²) in [6.45, 7) is 2.19. The molecule has 2 aliphatic rings. The van der Waals surface area contributed by atoms with E-state index in [9.17, 15) is 14.7 Å². The molecule has 20 heavy (non-hydrogen) atoms. The van der Waals surface area contributed by atoms with E-state index in [4.69, 9.17) is 9.47 Å². The topological polar surface area (TPSA) is 96.9 Å². The zero-order valence-corrected chi connectivity index (χ0v) is 11.5. The number of carbonyl (C=O) groups excluding carboxylic acids is 1. The van der Waals surface area contributed by atoms with Crippen LogP contribution in [0.5, 0.6) is 0 Å². The van der Waals surface area contributed by atoms with E-state index in [2.05, 4.69) is 10.6 Å². The molecule has 7 nitrogen and oxygen atoms in total. The van der Waals surface area contributed by atoms with Crippen LogP contribution in [0.3, 0.4) is 0 Å². The van der Waals surface area contributed by atoms with Gasteiger partial charge in [0.15, 0.2) is 0 Å². The molecule has 0 spiro atoms. The minimum absolute atomic E-state index is 0.0808. The largest absolute Gasteiger partial charge is 0.481 e. The lowest BCUT2D eigenvalue weighted by molar-refractivity contribution is -0.154. The standard InChI is InChI=1S/C13H22N2O5/c16-11(17)13(3-6-19-7-4-13)9-15-12(18)14-8-10-2-1-5-20-10/h10H,1-9H2,(H,16,17)(H2,14,15,18). The average molecular weight is 286 g/mol. The Kier molecular flexibility index (Phi) is 5.19. The molecule has 7 heteroatoms. The molecule has 0 aromatic heterocycles. The molecule has 0 saturated carbocycles. The lowest BCUT2D eigenvalue weighted by Crippen LogP contribution is -2.49. The highest BCUT2D eigenvalue weighted by molar-refractivity contribution is 5.78. The maximum atomic E-state index is 11.7. The second-order valence-corrected chi connectivity index (χ2v) is 5.40. The Labute approximate surface area is 118 Å². The van der Waals surface area contributed by atoms with Crippen molar-refractivity contribution in [1.82, 2.24) is 10.6 Å². The van der Waals surface area contributed by atoms with Gasteiger partial charge in [-0.2, -0.15) is 0 Å². The molecule has 2 amide bonds. The molecule has 0 radical (unpaired) electrons. The fourth-order valence-electron chi connectivity index (χ4n) is 2.55. The number of carbonyl (C=O) groups is 2. The van der Waals surface area contributed by atoms with Gasteiger partial charge in [0.2, 0.25) is 0 Å². The van der Waals surface area contributed by atoms with Crippen LogP contribution in [0, 0.1) is 5.41 Å². The monoisotopic (exact) mass is 286 g/mol. The third-order valence-electron chi connectivity index (χ3n) is 4.01. The molecule has 1 atom stereocenters. The van der Waals surface area contributed by atoms with Crippen LogP contribution in [-0.2, 0) is 14.3 Å². The van der Waals surface area contributed by atoms with E-state index in [0.717, 1.165) is 19.4 Å². The predicted octanol–water partition coefficient (Wildman–Crippen LogP) is 0.346. The second kappa shape index (κ2) is 6.90. The van der Waals surface area contributed by atoms with E-state index < -0.39 is 11.4 Å². The summed E-state index contributed by atoms with van der Waals surface area (Å²) < 4.78 is 10.6. The van der Waals surface area contributed by atoms with Gasteiger partial charge in [-0.05, 0) is 25.7 Å². The fourth-order valence-corrected chi connectivity index (χ4v) is 2.55. The van der Waals surface area contributed by atoms with Crippen molar-refractivity contribution in [2.24, 2.45) is 5.41 Å². The molecule has 0 aliphatic carbocycles. The van der Waals surface area contributed by atoms with Gasteiger partial charge in [0.1, 0.15) is 0 Å². The first kappa shape index (κ1) is 15.1. The number of rotatable bonds is 5. The first-order valence-electron chi connectivity index (χ1n) is 7.07. The summed E-state index contributed by atoms with van der Waals surface area (Å²) in [7, 11) is 0. The van der Waals surface area contributed by atoms with Crippen molar-refractivity contribution in [3.63, 3.8) is 0 Å². The molecule has 2 saturated heterocycles. The van der Waals surface area contributed by atoms with Gasteiger partial charge in [0.05, 0.1) is 11.5 Å². The lowest BCUT2D eigenvalue weighted by Gasteiger charge is -2.33. The molecule has 2 fully saturated rings. The Bertz CT molecular complexity index is 349. The highest BCUT2D eigenvalue weighted by Crippen LogP contribution is 2.29. The molecule has 2 heterocycles. The minimum atomic E-state index is -0.903. The Morgan fingerprint density at radius 3 is 2.55 bits per heavy atom. The van der Waals surface area contributed by atoms with E-state index in [1.165, 1.54) is 0 Å². The summed E-state index contributed by atoms with van der Waals surface area (Å²) in [5.41, 5.74) is -0.903. The summed E-state index contributed by atoms with van der Waals surface area (Å²) >= 11 is 0. The van der Waals surface area contributed by atoms with Crippen molar-refractivity contribution in [1.29, 1.82) is 0 Å². The van der Waals surface area contributed by atoms with Crippen LogP contribution in [0.1, 0.15) is 25.7 Å². The van der Waals surface area contributed by atoms with Gasteiger partial charge in [0.25, 0.3) is 0 Å². The lowest BCUT2D eigenvalue weighted by atomic mass is 9.80. The molecule has 114 valence electrons. The van der Waals surface area contributed by atoms with Gasteiger partial charge >= 0.3 is 12.0 Å². The number of carboxylic acid groups (broad SMARTS) is 1. The number of nitrogens with one attached hydrogen (secondary N) is 2. The van der Waals surface area contributed by atoms with Crippen LogP contribution in [0.25, 0.3) is 0 Å². The third-order valence-corrected chi connectivity index (χ3v) is 4.01. The van der Waals surface area contributed by atoms with Crippen LogP contribution in [0.2, 0.25) is 0 Å². The Morgan fingerprint density at radius 1 is 1.20 bits per heavy atom. The minimum Gasteiger partial charge on any atom is -0.481 e. The number of hydrogen-bond acceptors (Lipinski definition) is 4. The van der Waals surface area contributed by atoms with Gasteiger partial charge in [-0.15, -0.1) is 0 Å². The second-order valence-electron chi connectivity index (χ2n) is 5.40. The smallest absolute Gasteiger partial charge is 0.314 e. The summed E-state index contributed by atoms with van der Waals surface area (Å²) in [6, 6.07) is -0.340. The number of ether oxygens (including phenoxy) is 2. The molecule has 0 aromatic carbocycles. The summed E-state index contributed by atoms with van der Waals surface area (Å²) in [5.74, 6) is -0.875. The number of hydrogen-bond donors (Lipinski definition) is 3. The van der Waals surface area contributed by atoms with Crippen LogP contribution < -0.4 is 10.6 Å². The van der Waals surface area contributed by atoms with Crippen molar-refractivity contribution in [2.45, 2.75) is 31.8 Å². The van der Waals surface area contributed by atoms with Crippen LogP contribution in [0.4, 0.5) is 4.79 Å². The summed E-state index contributed by atoms with van der Waals surface area (Å²) in [4.78, 5) is 23.1. The molecule has 2 aliphatic heterocycles. The van der Waals surface area contributed by atoms with Crippen molar-refractivity contribution < 1.29 is 24.2 Å². The van der Waals surface area contributed by atoms with Crippen molar-refractivity contribution in [2.75, 3.05) is 32.9 Å². The first-order valence-corrected chi connectivity index (χ1v) is 7.07. The van der Waals surface area contributed by atoms with Gasteiger partial charge in [-0.3, -0.25) is 4.79 Å². The Hall–Kier alpha value is -1.34. The van der Waals surface area contributed by atoms with E-state index in [1.54, 1.807) is 0 Å². The molecule has 1 unspecified atom stereocenters. The zero-order valence-electron chi connectivity index (χ0n) is 11.5. The van der Waals surface area contributed by atoms with Crippen LogP contribution in [0.15, 0.2) is 0 Å². The SMILES string of the molecule is O=C(NCC1CCCO1)NCC1(C(=O)O)CCOCC1. The van der Waals surface area contributed by atoms with Crippen molar-refractivity contribution >= 4 is 12.0 Å². The molecular weight excluding hydrogens is 264 g/mol. The van der Waals surface area contributed by atoms with Gasteiger partial charge in [0, 0.05) is 32.9 Å². The Morgan fingerprint density at radius 2 is 1.95 bits per heavy atom. The quantitative estimate of drug-likeness (QED) is 0.677. The maximum Gasteiger partial charge on any atom is 0.314 e. The zero-order chi connectivity index (χ0) is 14.4. The van der Waals surface area contributed by atoms with E-state index >= 15 is 0 Å². The van der Waals surface area contributed by atoms with E-state index in [1.807, 2.05) is 0 Å². The summed E-state index contributed by atoms with van der Waals surface area (Å²) in [6.07, 6.45) is 2.91. The molecule has 0 bridgehead atoms. The van der Waals surface area contributed by atoms with Crippen LogP contribution >= 0.6 is 0 Å². The average Bonchev–Trinajstić information content (AvgIpc) is 2.97. The van der Waals surface area contributed by atoms with Crippen molar-refractivity contribution in [3.05, 3.63) is 0 Å². The number of aliphatic carboxylic acids is 1. The van der Waals surface area contributed by atoms with Gasteiger partial charge in [-0.1, -0.05) is 0 Å². The molecule has 2 rings (SSSR count). The third kappa shape index (κ3) is 3.83. The molecular formula is C13H22N2O5. The van der Waals surface area contributed by atoms with E-state index in [0.29, 0.717) is 32.6 Å². The predicted molar refractivity (Wildman–Crippen MR) is 70.5 cm³/mol. The van der Waals surface area contributed by atoms with Gasteiger partial charge < -0.3 is 25.2 Å². The molecule has 0 aromatic rings. The van der Waals surface area contributed by atoms with Crippen molar-refractivity contribution in [3.8, 4) is 0 Å². The van der Waals surface area contributed by atoms with E-state index in [-0.39, 0.29) is 18.7 Å². The van der Waals surface area contributed by atoms with Crippen LogP contribution in [-0.4, -0.2) is 56.1 Å². The number of carboxylic acids is 1. The summed E-state index contributed by atoms with van der Waals surface area (Å²) in [5, 5.41) is 14.7. The van der Waals surface area contributed by atoms with Gasteiger partial charge in [-0.25, -0.2) is 4.79 Å².